The van der Waals surface area contributed by atoms with Gasteiger partial charge in [0.1, 0.15) is 17.0 Å². The van der Waals surface area contributed by atoms with E-state index in [0.29, 0.717) is 6.61 Å². The lowest BCUT2D eigenvalue weighted by atomic mass is 10.1. The fourth-order valence-corrected chi connectivity index (χ4v) is 2.56. The zero-order valence-electron chi connectivity index (χ0n) is 10.0. The average molecular weight is 304 g/mol. The summed E-state index contributed by atoms with van der Waals surface area (Å²) < 4.78 is 6.55. The summed E-state index contributed by atoms with van der Waals surface area (Å²) in [7, 11) is 0. The van der Waals surface area contributed by atoms with Crippen LogP contribution in [0.5, 0.6) is 5.75 Å². The Morgan fingerprint density at radius 1 is 1.11 bits per heavy atom. The van der Waals surface area contributed by atoms with Crippen LogP contribution in [0.3, 0.4) is 0 Å². The first-order valence-electron chi connectivity index (χ1n) is 6.16. The minimum Gasteiger partial charge on any atom is -0.487 e. The number of hydrogen-bond acceptors (Lipinski definition) is 2. The number of aromatic nitrogens is 1. The summed E-state index contributed by atoms with van der Waals surface area (Å²) in [5, 5.41) is 0. The molecule has 0 unspecified atom stereocenters. The van der Waals surface area contributed by atoms with E-state index in [1.54, 1.807) is 6.20 Å². The second-order valence-corrected chi connectivity index (χ2v) is 5.37. The molecular weight excluding hydrogens is 290 g/mol. The highest BCUT2D eigenvalue weighted by molar-refractivity contribution is 9.10. The van der Waals surface area contributed by atoms with Crippen molar-refractivity contribution in [3.8, 4) is 5.75 Å². The summed E-state index contributed by atoms with van der Waals surface area (Å²) in [6.07, 6.45) is 5.46. The van der Waals surface area contributed by atoms with E-state index in [1.807, 2.05) is 12.1 Å². The van der Waals surface area contributed by atoms with Crippen molar-refractivity contribution >= 4 is 15.9 Å². The molecule has 0 fully saturated rings. The van der Waals surface area contributed by atoms with Crippen molar-refractivity contribution in [1.29, 1.82) is 0 Å². The number of rotatable bonds is 3. The van der Waals surface area contributed by atoms with Gasteiger partial charge in [-0.2, -0.15) is 0 Å². The smallest absolute Gasteiger partial charge is 0.138 e. The zero-order chi connectivity index (χ0) is 12.4. The SMILES string of the molecule is Brc1ccc(OCc2ccc3c(c2)CCC3)cn1. The molecule has 1 aromatic heterocycles. The maximum absolute atomic E-state index is 5.72. The molecule has 0 N–H and O–H groups in total. The molecule has 0 amide bonds. The quantitative estimate of drug-likeness (QED) is 0.802. The van der Waals surface area contributed by atoms with Crippen LogP contribution in [0.1, 0.15) is 23.1 Å². The number of halogens is 1. The van der Waals surface area contributed by atoms with Crippen molar-refractivity contribution in [2.75, 3.05) is 0 Å². The Labute approximate surface area is 115 Å². The first-order valence-corrected chi connectivity index (χ1v) is 6.95. The molecule has 0 bridgehead atoms. The van der Waals surface area contributed by atoms with E-state index in [0.717, 1.165) is 10.4 Å². The van der Waals surface area contributed by atoms with Crippen LogP contribution in [-0.4, -0.2) is 4.98 Å². The summed E-state index contributed by atoms with van der Waals surface area (Å²) in [4.78, 5) is 4.14. The molecule has 0 saturated heterocycles. The summed E-state index contributed by atoms with van der Waals surface area (Å²) >= 11 is 3.31. The normalized spacial score (nSPS) is 13.4. The molecule has 2 nitrogen and oxygen atoms in total. The number of ether oxygens (including phenoxy) is 1. The minimum absolute atomic E-state index is 0.608. The minimum atomic E-state index is 0.608. The molecule has 3 rings (SSSR count). The first kappa shape index (κ1) is 11.7. The lowest BCUT2D eigenvalue weighted by Gasteiger charge is -2.07. The van der Waals surface area contributed by atoms with Crippen LogP contribution < -0.4 is 4.74 Å². The van der Waals surface area contributed by atoms with E-state index in [-0.39, 0.29) is 0 Å². The third-order valence-corrected chi connectivity index (χ3v) is 3.74. The molecule has 1 aliphatic rings. The van der Waals surface area contributed by atoms with Crippen LogP contribution in [0.4, 0.5) is 0 Å². The highest BCUT2D eigenvalue weighted by Crippen LogP contribution is 2.23. The van der Waals surface area contributed by atoms with Gasteiger partial charge in [-0.3, -0.25) is 0 Å². The van der Waals surface area contributed by atoms with E-state index in [4.69, 9.17) is 4.74 Å². The van der Waals surface area contributed by atoms with E-state index in [1.165, 1.54) is 36.0 Å². The van der Waals surface area contributed by atoms with Crippen LogP contribution in [0.2, 0.25) is 0 Å². The van der Waals surface area contributed by atoms with Gasteiger partial charge in [0.25, 0.3) is 0 Å². The molecule has 92 valence electrons. The van der Waals surface area contributed by atoms with E-state index in [9.17, 15) is 0 Å². The zero-order valence-corrected chi connectivity index (χ0v) is 11.6. The van der Waals surface area contributed by atoms with Gasteiger partial charge in [-0.15, -0.1) is 0 Å². The Kier molecular flexibility index (Phi) is 3.33. The average Bonchev–Trinajstić information content (AvgIpc) is 2.85. The molecule has 0 radical (unpaired) electrons. The summed E-state index contributed by atoms with van der Waals surface area (Å²) in [5.74, 6) is 0.804. The highest BCUT2D eigenvalue weighted by atomic mass is 79.9. The standard InChI is InChI=1S/C15H14BrNO/c16-15-7-6-14(9-17-15)18-10-11-4-5-12-2-1-3-13(12)8-11/h4-9H,1-3,10H2. The number of hydrogen-bond donors (Lipinski definition) is 0. The lowest BCUT2D eigenvalue weighted by Crippen LogP contribution is -1.97. The maximum Gasteiger partial charge on any atom is 0.138 e. The van der Waals surface area contributed by atoms with Gasteiger partial charge in [0.15, 0.2) is 0 Å². The molecule has 18 heavy (non-hydrogen) atoms. The summed E-state index contributed by atoms with van der Waals surface area (Å²) in [6.45, 7) is 0.608. The van der Waals surface area contributed by atoms with Crippen LogP contribution >= 0.6 is 15.9 Å². The molecule has 3 heteroatoms. The summed E-state index contributed by atoms with van der Waals surface area (Å²) in [6, 6.07) is 10.5. The Hall–Kier alpha value is -1.35. The molecular formula is C15H14BrNO. The topological polar surface area (TPSA) is 22.1 Å². The number of aryl methyl sites for hydroxylation is 2. The van der Waals surface area contributed by atoms with E-state index < -0.39 is 0 Å². The van der Waals surface area contributed by atoms with Crippen molar-refractivity contribution < 1.29 is 4.74 Å². The molecule has 1 heterocycles. The van der Waals surface area contributed by atoms with E-state index >= 15 is 0 Å². The fraction of sp³-hybridized carbons (Fsp3) is 0.267. The molecule has 2 aromatic rings. The third kappa shape index (κ3) is 2.56. The van der Waals surface area contributed by atoms with Crippen LogP contribution in [0.25, 0.3) is 0 Å². The predicted molar refractivity (Wildman–Crippen MR) is 74.7 cm³/mol. The largest absolute Gasteiger partial charge is 0.487 e. The van der Waals surface area contributed by atoms with Crippen molar-refractivity contribution in [3.05, 3.63) is 57.8 Å². The van der Waals surface area contributed by atoms with Crippen molar-refractivity contribution in [1.82, 2.24) is 4.98 Å². The van der Waals surface area contributed by atoms with Crippen LogP contribution in [0.15, 0.2) is 41.1 Å². The van der Waals surface area contributed by atoms with Crippen molar-refractivity contribution in [3.63, 3.8) is 0 Å². The molecule has 0 saturated carbocycles. The van der Waals surface area contributed by atoms with Gasteiger partial charge >= 0.3 is 0 Å². The second kappa shape index (κ2) is 5.11. The Balaban J connectivity index is 1.68. The molecule has 1 aliphatic carbocycles. The van der Waals surface area contributed by atoms with E-state index in [2.05, 4.69) is 39.1 Å². The Morgan fingerprint density at radius 2 is 2.00 bits per heavy atom. The van der Waals surface area contributed by atoms with Crippen molar-refractivity contribution in [2.45, 2.75) is 25.9 Å². The third-order valence-electron chi connectivity index (χ3n) is 3.27. The van der Waals surface area contributed by atoms with Gasteiger partial charge in [0.05, 0.1) is 6.20 Å². The molecule has 0 spiro atoms. The Bertz CT molecular complexity index is 551. The van der Waals surface area contributed by atoms with Gasteiger partial charge in [-0.25, -0.2) is 4.98 Å². The van der Waals surface area contributed by atoms with Gasteiger partial charge < -0.3 is 4.74 Å². The number of benzene rings is 1. The van der Waals surface area contributed by atoms with Crippen LogP contribution in [-0.2, 0) is 19.4 Å². The fourth-order valence-electron chi connectivity index (χ4n) is 2.33. The van der Waals surface area contributed by atoms with Crippen LogP contribution in [0, 0.1) is 0 Å². The monoisotopic (exact) mass is 303 g/mol. The number of fused-ring (bicyclic) bond motifs is 1. The van der Waals surface area contributed by atoms with Gasteiger partial charge in [-0.05, 0) is 64.0 Å². The number of pyridine rings is 1. The molecule has 0 atom stereocenters. The molecule has 1 aromatic carbocycles. The predicted octanol–water partition coefficient (Wildman–Crippen LogP) is 3.91. The molecule has 0 aliphatic heterocycles. The Morgan fingerprint density at radius 3 is 2.83 bits per heavy atom. The van der Waals surface area contributed by atoms with Crippen molar-refractivity contribution in [2.24, 2.45) is 0 Å². The lowest BCUT2D eigenvalue weighted by molar-refractivity contribution is 0.305. The second-order valence-electron chi connectivity index (χ2n) is 4.56. The van der Waals surface area contributed by atoms with Gasteiger partial charge in [-0.1, -0.05) is 18.2 Å². The highest BCUT2D eigenvalue weighted by Gasteiger charge is 2.10. The summed E-state index contributed by atoms with van der Waals surface area (Å²) in [5.41, 5.74) is 4.23. The van der Waals surface area contributed by atoms with Gasteiger partial charge in [0.2, 0.25) is 0 Å². The number of nitrogens with zero attached hydrogens (tertiary/aromatic N) is 1. The first-order chi connectivity index (χ1) is 8.81. The maximum atomic E-state index is 5.72. The van der Waals surface area contributed by atoms with Gasteiger partial charge in [0, 0.05) is 0 Å².